The van der Waals surface area contributed by atoms with Gasteiger partial charge in [0.2, 0.25) is 5.79 Å². The summed E-state index contributed by atoms with van der Waals surface area (Å²) in [6, 6.07) is 4.26. The zero-order valence-corrected chi connectivity index (χ0v) is 10.7. The van der Waals surface area contributed by atoms with Crippen LogP contribution in [0.5, 0.6) is 5.75 Å². The Morgan fingerprint density at radius 3 is 2.75 bits per heavy atom. The summed E-state index contributed by atoms with van der Waals surface area (Å²) in [7, 11) is 0. The van der Waals surface area contributed by atoms with E-state index in [0.29, 0.717) is 12.5 Å². The Balaban J connectivity index is 2.46. The van der Waals surface area contributed by atoms with Gasteiger partial charge in [-0.1, -0.05) is 13.0 Å². The summed E-state index contributed by atoms with van der Waals surface area (Å²) in [5.74, 6) is 0.830. The molecule has 0 aromatic heterocycles. The fourth-order valence-corrected chi connectivity index (χ4v) is 2.09. The number of hydrogen-bond donors (Lipinski definition) is 0. The molecule has 0 radical (unpaired) electrons. The molecule has 2 nitrogen and oxygen atoms in total. The van der Waals surface area contributed by atoms with Crippen LogP contribution < -0.4 is 4.74 Å². The van der Waals surface area contributed by atoms with E-state index in [1.165, 1.54) is 5.56 Å². The Kier molecular flexibility index (Phi) is 3.13. The number of halogens is 1. The van der Waals surface area contributed by atoms with Crippen LogP contribution in [0.4, 0.5) is 0 Å². The first kappa shape index (κ1) is 11.7. The molecule has 0 saturated heterocycles. The SMILES string of the molecule is CCc1cc(CCl)c2c(c1)COC(C)(C)O2. The summed E-state index contributed by atoms with van der Waals surface area (Å²) < 4.78 is 11.5. The van der Waals surface area contributed by atoms with E-state index in [2.05, 4.69) is 19.1 Å². The minimum atomic E-state index is -0.554. The van der Waals surface area contributed by atoms with Crippen LogP contribution in [0.1, 0.15) is 37.5 Å². The quantitative estimate of drug-likeness (QED) is 0.735. The molecule has 1 aromatic rings. The van der Waals surface area contributed by atoms with Crippen molar-refractivity contribution in [2.24, 2.45) is 0 Å². The fraction of sp³-hybridized carbons (Fsp3) is 0.538. The van der Waals surface area contributed by atoms with Crippen molar-refractivity contribution >= 4 is 11.6 Å². The molecule has 0 fully saturated rings. The van der Waals surface area contributed by atoms with Crippen molar-refractivity contribution in [3.05, 3.63) is 28.8 Å². The lowest BCUT2D eigenvalue weighted by Gasteiger charge is -2.34. The maximum atomic E-state index is 5.97. The van der Waals surface area contributed by atoms with Gasteiger partial charge < -0.3 is 9.47 Å². The molecule has 1 aliphatic rings. The second-order valence-electron chi connectivity index (χ2n) is 4.52. The molecule has 88 valence electrons. The van der Waals surface area contributed by atoms with Crippen LogP contribution in [-0.2, 0) is 23.6 Å². The van der Waals surface area contributed by atoms with Crippen LogP contribution in [-0.4, -0.2) is 5.79 Å². The molecule has 0 amide bonds. The second-order valence-corrected chi connectivity index (χ2v) is 4.79. The average Bonchev–Trinajstić information content (AvgIpc) is 2.26. The number of benzene rings is 1. The lowest BCUT2D eigenvalue weighted by molar-refractivity contribution is -0.180. The Labute approximate surface area is 102 Å². The third-order valence-corrected chi connectivity index (χ3v) is 3.07. The van der Waals surface area contributed by atoms with E-state index in [0.717, 1.165) is 23.3 Å². The third kappa shape index (κ3) is 2.18. The molecule has 3 heteroatoms. The molecule has 0 N–H and O–H groups in total. The highest BCUT2D eigenvalue weighted by Crippen LogP contribution is 2.36. The minimum Gasteiger partial charge on any atom is -0.462 e. The summed E-state index contributed by atoms with van der Waals surface area (Å²) in [5.41, 5.74) is 3.45. The van der Waals surface area contributed by atoms with E-state index in [9.17, 15) is 0 Å². The average molecular weight is 241 g/mol. The van der Waals surface area contributed by atoms with Crippen molar-refractivity contribution in [3.8, 4) is 5.75 Å². The van der Waals surface area contributed by atoms with Crippen molar-refractivity contribution in [2.75, 3.05) is 0 Å². The van der Waals surface area contributed by atoms with Gasteiger partial charge in [0.05, 0.1) is 12.5 Å². The summed E-state index contributed by atoms with van der Waals surface area (Å²) in [4.78, 5) is 0. The van der Waals surface area contributed by atoms with Crippen molar-refractivity contribution in [3.63, 3.8) is 0 Å². The first-order valence-electron chi connectivity index (χ1n) is 5.59. The second kappa shape index (κ2) is 4.27. The maximum absolute atomic E-state index is 5.97. The summed E-state index contributed by atoms with van der Waals surface area (Å²) in [5, 5.41) is 0. The predicted octanol–water partition coefficient (Wildman–Crippen LogP) is 3.63. The van der Waals surface area contributed by atoms with E-state index in [-0.39, 0.29) is 0 Å². The Morgan fingerprint density at radius 2 is 2.12 bits per heavy atom. The molecule has 2 rings (SSSR count). The number of aryl methyl sites for hydroxylation is 1. The van der Waals surface area contributed by atoms with E-state index in [1.807, 2.05) is 13.8 Å². The van der Waals surface area contributed by atoms with Crippen LogP contribution in [0.25, 0.3) is 0 Å². The molecule has 1 aromatic carbocycles. The largest absolute Gasteiger partial charge is 0.462 e. The molecule has 16 heavy (non-hydrogen) atoms. The number of alkyl halides is 1. The Bertz CT molecular complexity index is 382. The van der Waals surface area contributed by atoms with Crippen LogP contribution in [0, 0.1) is 0 Å². The standard InChI is InChI=1S/C13H17ClO2/c1-4-9-5-10(7-14)12-11(6-9)8-15-13(2,3)16-12/h5-6H,4,7-8H2,1-3H3. The Hall–Kier alpha value is -0.730. The van der Waals surface area contributed by atoms with Gasteiger partial charge in [-0.15, -0.1) is 11.6 Å². The van der Waals surface area contributed by atoms with Gasteiger partial charge in [0.25, 0.3) is 0 Å². The highest BCUT2D eigenvalue weighted by atomic mass is 35.5. The summed E-state index contributed by atoms with van der Waals surface area (Å²) in [6.07, 6.45) is 1.00. The zero-order valence-electron chi connectivity index (χ0n) is 9.97. The first-order chi connectivity index (χ1) is 7.55. The molecule has 0 saturated carbocycles. The fourth-order valence-electron chi connectivity index (χ4n) is 1.90. The van der Waals surface area contributed by atoms with Gasteiger partial charge in [-0.2, -0.15) is 0 Å². The normalized spacial score (nSPS) is 17.8. The number of fused-ring (bicyclic) bond motifs is 1. The predicted molar refractivity (Wildman–Crippen MR) is 64.9 cm³/mol. The molecule has 0 unspecified atom stereocenters. The minimum absolute atomic E-state index is 0.478. The van der Waals surface area contributed by atoms with Crippen molar-refractivity contribution in [1.82, 2.24) is 0 Å². The molecule has 0 aliphatic carbocycles. The lowest BCUT2D eigenvalue weighted by Crippen LogP contribution is -2.35. The summed E-state index contributed by atoms with van der Waals surface area (Å²) >= 11 is 5.97. The summed E-state index contributed by atoms with van der Waals surface area (Å²) in [6.45, 7) is 6.57. The van der Waals surface area contributed by atoms with Gasteiger partial charge in [-0.3, -0.25) is 0 Å². The van der Waals surface area contributed by atoms with Gasteiger partial charge in [0.15, 0.2) is 0 Å². The Morgan fingerprint density at radius 1 is 1.38 bits per heavy atom. The molecule has 0 spiro atoms. The van der Waals surface area contributed by atoms with Gasteiger partial charge in [0.1, 0.15) is 5.75 Å². The molecular formula is C13H17ClO2. The van der Waals surface area contributed by atoms with Gasteiger partial charge in [0, 0.05) is 25.0 Å². The lowest BCUT2D eigenvalue weighted by atomic mass is 10.0. The van der Waals surface area contributed by atoms with Crippen LogP contribution in [0.15, 0.2) is 12.1 Å². The van der Waals surface area contributed by atoms with Crippen LogP contribution in [0.2, 0.25) is 0 Å². The topological polar surface area (TPSA) is 18.5 Å². The first-order valence-corrected chi connectivity index (χ1v) is 6.13. The van der Waals surface area contributed by atoms with Crippen LogP contribution >= 0.6 is 11.6 Å². The highest BCUT2D eigenvalue weighted by molar-refractivity contribution is 6.17. The van der Waals surface area contributed by atoms with E-state index in [1.54, 1.807) is 0 Å². The van der Waals surface area contributed by atoms with E-state index >= 15 is 0 Å². The molecule has 1 aliphatic heterocycles. The number of hydrogen-bond acceptors (Lipinski definition) is 2. The van der Waals surface area contributed by atoms with Gasteiger partial charge >= 0.3 is 0 Å². The molecule has 0 atom stereocenters. The smallest absolute Gasteiger partial charge is 0.205 e. The molecular weight excluding hydrogens is 224 g/mol. The van der Waals surface area contributed by atoms with Crippen molar-refractivity contribution < 1.29 is 9.47 Å². The number of ether oxygens (including phenoxy) is 2. The molecule has 0 bridgehead atoms. The number of rotatable bonds is 2. The van der Waals surface area contributed by atoms with Crippen LogP contribution in [0.3, 0.4) is 0 Å². The van der Waals surface area contributed by atoms with E-state index < -0.39 is 5.79 Å². The third-order valence-electron chi connectivity index (χ3n) is 2.78. The maximum Gasteiger partial charge on any atom is 0.205 e. The van der Waals surface area contributed by atoms with Crippen molar-refractivity contribution in [2.45, 2.75) is 45.5 Å². The van der Waals surface area contributed by atoms with Crippen molar-refractivity contribution in [1.29, 1.82) is 0 Å². The highest BCUT2D eigenvalue weighted by Gasteiger charge is 2.29. The van der Waals surface area contributed by atoms with Gasteiger partial charge in [-0.05, 0) is 18.1 Å². The zero-order chi connectivity index (χ0) is 11.8. The monoisotopic (exact) mass is 240 g/mol. The molecule has 1 heterocycles. The van der Waals surface area contributed by atoms with E-state index in [4.69, 9.17) is 21.1 Å². The van der Waals surface area contributed by atoms with Gasteiger partial charge in [-0.25, -0.2) is 0 Å².